The molecule has 2 aromatic heterocycles. The molecule has 0 saturated heterocycles. The van der Waals surface area contributed by atoms with Gasteiger partial charge in [-0.05, 0) is 43.6 Å². The molecule has 2 aromatic rings. The van der Waals surface area contributed by atoms with Gasteiger partial charge in [-0.2, -0.15) is 4.98 Å². The number of carbonyl (C=O) groups is 2. The van der Waals surface area contributed by atoms with E-state index in [-0.39, 0.29) is 22.8 Å². The third kappa shape index (κ3) is 3.53. The van der Waals surface area contributed by atoms with E-state index in [9.17, 15) is 14.7 Å². The van der Waals surface area contributed by atoms with Crippen LogP contribution in [0, 0.1) is 12.3 Å². The number of aryl methyl sites for hydroxylation is 1. The lowest BCUT2D eigenvalue weighted by Crippen LogP contribution is -2.30. The third-order valence-corrected chi connectivity index (χ3v) is 5.92. The summed E-state index contributed by atoms with van der Waals surface area (Å²) in [6.07, 6.45) is 6.44. The summed E-state index contributed by atoms with van der Waals surface area (Å²) in [5.41, 5.74) is 8.07. The number of rotatable bonds is 4. The molecule has 8 nitrogen and oxygen atoms in total. The highest BCUT2D eigenvalue weighted by Crippen LogP contribution is 2.37. The first-order valence-electron chi connectivity index (χ1n) is 10.0. The number of amides is 1. The predicted octanol–water partition coefficient (Wildman–Crippen LogP) is 2.16. The van der Waals surface area contributed by atoms with Crippen molar-refractivity contribution in [3.05, 3.63) is 34.8 Å². The fourth-order valence-electron chi connectivity index (χ4n) is 4.52. The Balaban J connectivity index is 1.79. The molecule has 1 saturated carbocycles. The number of anilines is 1. The molecule has 0 bridgehead atoms. The highest BCUT2D eigenvalue weighted by atomic mass is 16.3. The van der Waals surface area contributed by atoms with Gasteiger partial charge in [0.05, 0.1) is 17.7 Å². The normalized spacial score (nSPS) is 23.1. The Labute approximate surface area is 169 Å². The number of aliphatic hydroxyl groups is 1. The van der Waals surface area contributed by atoms with E-state index in [1.165, 1.54) is 6.20 Å². The van der Waals surface area contributed by atoms with Crippen LogP contribution in [0.1, 0.15) is 71.5 Å². The molecule has 29 heavy (non-hydrogen) atoms. The highest BCUT2D eigenvalue weighted by Gasteiger charge is 2.35. The molecule has 1 fully saturated rings. The summed E-state index contributed by atoms with van der Waals surface area (Å²) in [7, 11) is 0. The number of carbonyl (C=O) groups excluding carboxylic acids is 2. The van der Waals surface area contributed by atoms with Crippen molar-refractivity contribution < 1.29 is 14.7 Å². The van der Waals surface area contributed by atoms with Gasteiger partial charge >= 0.3 is 0 Å². The van der Waals surface area contributed by atoms with Gasteiger partial charge in [0, 0.05) is 30.1 Å². The Kier molecular flexibility index (Phi) is 4.69. The van der Waals surface area contributed by atoms with Crippen LogP contribution >= 0.6 is 0 Å². The lowest BCUT2D eigenvalue weighted by molar-refractivity contribution is 0.0909. The second kappa shape index (κ2) is 6.95. The maximum absolute atomic E-state index is 12.7. The highest BCUT2D eigenvalue weighted by molar-refractivity contribution is 6.00. The van der Waals surface area contributed by atoms with Crippen molar-refractivity contribution in [2.75, 3.05) is 5.32 Å². The van der Waals surface area contributed by atoms with Gasteiger partial charge in [-0.15, -0.1) is 0 Å². The van der Waals surface area contributed by atoms with Gasteiger partial charge in [-0.3, -0.25) is 14.2 Å². The van der Waals surface area contributed by atoms with Crippen LogP contribution in [0.4, 0.5) is 5.82 Å². The second-order valence-electron chi connectivity index (χ2n) is 8.99. The smallest absolute Gasteiger partial charge is 0.254 e. The van der Waals surface area contributed by atoms with Crippen LogP contribution in [-0.2, 0) is 6.42 Å². The Morgan fingerprint density at radius 1 is 1.34 bits per heavy atom. The molecule has 0 aromatic carbocycles. The molecule has 2 unspecified atom stereocenters. The van der Waals surface area contributed by atoms with Crippen LogP contribution in [0.15, 0.2) is 12.4 Å². The second-order valence-corrected chi connectivity index (χ2v) is 8.99. The maximum Gasteiger partial charge on any atom is 0.254 e. The van der Waals surface area contributed by atoms with Gasteiger partial charge in [0.2, 0.25) is 5.95 Å². The molecule has 0 spiro atoms. The summed E-state index contributed by atoms with van der Waals surface area (Å²) >= 11 is 0. The van der Waals surface area contributed by atoms with E-state index in [0.717, 1.165) is 36.1 Å². The van der Waals surface area contributed by atoms with E-state index in [0.29, 0.717) is 24.6 Å². The number of Topliss-reactive ketones (excluding diaryl/α,β-unsaturated/α-hetero) is 1. The summed E-state index contributed by atoms with van der Waals surface area (Å²) < 4.78 is 1.84. The van der Waals surface area contributed by atoms with Crippen molar-refractivity contribution in [2.45, 2.75) is 65.0 Å². The molecule has 2 aliphatic rings. The number of nitrogens with zero attached hydrogens (tertiary/aromatic N) is 3. The van der Waals surface area contributed by atoms with Crippen molar-refractivity contribution in [3.8, 4) is 5.95 Å². The largest absolute Gasteiger partial charge is 0.391 e. The molecular weight excluding hydrogens is 370 g/mol. The first-order chi connectivity index (χ1) is 13.7. The van der Waals surface area contributed by atoms with Gasteiger partial charge in [0.1, 0.15) is 5.82 Å². The number of hydrogen-bond donors (Lipinski definition) is 3. The number of fused-ring (bicyclic) bond motifs is 1. The van der Waals surface area contributed by atoms with Gasteiger partial charge in [0.15, 0.2) is 5.78 Å². The fourth-order valence-corrected chi connectivity index (χ4v) is 4.52. The fraction of sp³-hybridized carbons (Fsp3) is 0.524. The van der Waals surface area contributed by atoms with Crippen LogP contribution in [0.25, 0.3) is 5.95 Å². The summed E-state index contributed by atoms with van der Waals surface area (Å²) in [6.45, 7) is 6.06. The van der Waals surface area contributed by atoms with E-state index >= 15 is 0 Å². The van der Waals surface area contributed by atoms with Crippen LogP contribution in [0.3, 0.4) is 0 Å². The monoisotopic (exact) mass is 397 g/mol. The topological polar surface area (TPSA) is 123 Å². The number of nitrogens with one attached hydrogen (secondary N) is 1. The van der Waals surface area contributed by atoms with E-state index in [1.54, 1.807) is 0 Å². The maximum atomic E-state index is 12.7. The quantitative estimate of drug-likeness (QED) is 0.726. The number of hydrogen-bond acceptors (Lipinski definition) is 6. The zero-order chi connectivity index (χ0) is 20.9. The average molecular weight is 397 g/mol. The Morgan fingerprint density at radius 3 is 2.76 bits per heavy atom. The number of nitrogens with two attached hydrogens (primary N) is 1. The lowest BCUT2D eigenvalue weighted by Gasteiger charge is -2.29. The van der Waals surface area contributed by atoms with E-state index < -0.39 is 12.0 Å². The van der Waals surface area contributed by atoms with Crippen molar-refractivity contribution in [2.24, 2.45) is 11.1 Å². The van der Waals surface area contributed by atoms with Gasteiger partial charge in [-0.1, -0.05) is 13.8 Å². The SMILES string of the molecule is Cc1cn(-c2ncc(C(N)=O)c(NC3CCCC3O)n2)c2c1C(=O)CC(C)(C)C2. The van der Waals surface area contributed by atoms with Crippen LogP contribution in [-0.4, -0.2) is 43.5 Å². The van der Waals surface area contributed by atoms with E-state index in [2.05, 4.69) is 29.1 Å². The van der Waals surface area contributed by atoms with Crippen LogP contribution in [0.5, 0.6) is 0 Å². The standard InChI is InChI=1S/C21H27N5O3/c1-11-10-26(14-7-21(2,3)8-16(28)17(11)14)20-23-9-12(18(22)29)19(25-20)24-13-5-4-6-15(13)27/h9-10,13,15,27H,4-8H2,1-3H3,(H2,22,29)(H,23,24,25). The minimum Gasteiger partial charge on any atom is -0.391 e. The lowest BCUT2D eigenvalue weighted by atomic mass is 9.75. The average Bonchev–Trinajstić information content (AvgIpc) is 3.17. The number of aromatic nitrogens is 3. The first kappa shape index (κ1) is 19.6. The summed E-state index contributed by atoms with van der Waals surface area (Å²) in [5.74, 6) is 0.192. The van der Waals surface area contributed by atoms with Crippen molar-refractivity contribution in [3.63, 3.8) is 0 Å². The van der Waals surface area contributed by atoms with Gasteiger partial charge < -0.3 is 16.2 Å². The predicted molar refractivity (Wildman–Crippen MR) is 108 cm³/mol. The molecule has 8 heteroatoms. The van der Waals surface area contributed by atoms with E-state index in [4.69, 9.17) is 5.73 Å². The zero-order valence-electron chi connectivity index (χ0n) is 17.0. The minimum absolute atomic E-state index is 0.133. The molecule has 154 valence electrons. The van der Waals surface area contributed by atoms with Crippen LogP contribution < -0.4 is 11.1 Å². The molecule has 0 radical (unpaired) electrons. The molecule has 4 rings (SSSR count). The number of ketones is 1. The first-order valence-corrected chi connectivity index (χ1v) is 10.0. The number of primary amides is 1. The molecule has 4 N–H and O–H groups in total. The molecule has 0 aliphatic heterocycles. The molecule has 2 aliphatic carbocycles. The van der Waals surface area contributed by atoms with Crippen molar-refractivity contribution >= 4 is 17.5 Å². The summed E-state index contributed by atoms with van der Waals surface area (Å²) in [6, 6.07) is -0.184. The molecule has 1 amide bonds. The van der Waals surface area contributed by atoms with Gasteiger partial charge in [0.25, 0.3) is 5.91 Å². The minimum atomic E-state index is -0.631. The van der Waals surface area contributed by atoms with Gasteiger partial charge in [-0.25, -0.2) is 4.98 Å². The summed E-state index contributed by atoms with van der Waals surface area (Å²) in [5, 5.41) is 13.3. The summed E-state index contributed by atoms with van der Waals surface area (Å²) in [4.78, 5) is 33.5. The molecule has 2 heterocycles. The molecular formula is C21H27N5O3. The van der Waals surface area contributed by atoms with Crippen molar-refractivity contribution in [1.29, 1.82) is 0 Å². The van der Waals surface area contributed by atoms with Crippen LogP contribution in [0.2, 0.25) is 0 Å². The third-order valence-electron chi connectivity index (χ3n) is 5.92. The zero-order valence-corrected chi connectivity index (χ0v) is 17.0. The Morgan fingerprint density at radius 2 is 2.10 bits per heavy atom. The Bertz CT molecular complexity index is 994. The molecule has 2 atom stereocenters. The Hall–Kier alpha value is -2.74. The van der Waals surface area contributed by atoms with E-state index in [1.807, 2.05) is 17.7 Å². The number of aliphatic hydroxyl groups excluding tert-OH is 1. The van der Waals surface area contributed by atoms with Crippen molar-refractivity contribution in [1.82, 2.24) is 14.5 Å².